The Balaban J connectivity index is 1.25. The van der Waals surface area contributed by atoms with Crippen molar-refractivity contribution in [1.29, 1.82) is 0 Å². The largest absolute Gasteiger partial charge is 0.497 e. The highest BCUT2D eigenvalue weighted by molar-refractivity contribution is 5.94. The Morgan fingerprint density at radius 1 is 1.00 bits per heavy atom. The van der Waals surface area contributed by atoms with Crippen molar-refractivity contribution in [1.82, 2.24) is 0 Å². The molecule has 0 spiro atoms. The number of methoxy groups -OCH3 is 1. The molecule has 4 fully saturated rings. The molecule has 4 aliphatic carbocycles. The van der Waals surface area contributed by atoms with Crippen LogP contribution in [0.3, 0.4) is 0 Å². The Kier molecular flexibility index (Phi) is 5.41. The molecule has 4 saturated carbocycles. The lowest BCUT2D eigenvalue weighted by Gasteiger charge is -2.57. The van der Waals surface area contributed by atoms with Gasteiger partial charge in [0.2, 0.25) is 0 Å². The van der Waals surface area contributed by atoms with Gasteiger partial charge >= 0.3 is 0 Å². The van der Waals surface area contributed by atoms with Crippen LogP contribution in [0.4, 0.5) is 5.69 Å². The number of benzene rings is 2. The van der Waals surface area contributed by atoms with Gasteiger partial charge in [-0.05, 0) is 97.9 Å². The topological polar surface area (TPSA) is 47.6 Å². The van der Waals surface area contributed by atoms with Gasteiger partial charge in [0.25, 0.3) is 5.91 Å². The fourth-order valence-corrected chi connectivity index (χ4v) is 6.76. The summed E-state index contributed by atoms with van der Waals surface area (Å²) in [6.07, 6.45) is 8.49. The van der Waals surface area contributed by atoms with E-state index in [0.29, 0.717) is 23.3 Å². The van der Waals surface area contributed by atoms with Crippen molar-refractivity contribution < 1.29 is 14.3 Å². The smallest absolute Gasteiger partial charge is 0.265 e. The Morgan fingerprint density at radius 2 is 1.61 bits per heavy atom. The zero-order chi connectivity index (χ0) is 21.4. The van der Waals surface area contributed by atoms with Gasteiger partial charge in [-0.15, -0.1) is 0 Å². The van der Waals surface area contributed by atoms with Gasteiger partial charge < -0.3 is 14.8 Å². The van der Waals surface area contributed by atoms with Crippen LogP contribution in [-0.2, 0) is 10.2 Å². The zero-order valence-electron chi connectivity index (χ0n) is 18.6. The molecule has 6 rings (SSSR count). The van der Waals surface area contributed by atoms with Crippen molar-refractivity contribution >= 4 is 11.6 Å². The molecule has 1 atom stereocenters. The molecule has 31 heavy (non-hydrogen) atoms. The van der Waals surface area contributed by atoms with Crippen LogP contribution >= 0.6 is 0 Å². The predicted molar refractivity (Wildman–Crippen MR) is 123 cm³/mol. The van der Waals surface area contributed by atoms with Crippen LogP contribution in [0.5, 0.6) is 11.5 Å². The summed E-state index contributed by atoms with van der Waals surface area (Å²) in [6.45, 7) is 1.96. The number of anilines is 1. The summed E-state index contributed by atoms with van der Waals surface area (Å²) in [4.78, 5) is 12.8. The van der Waals surface area contributed by atoms with E-state index in [0.717, 1.165) is 23.4 Å². The summed E-state index contributed by atoms with van der Waals surface area (Å²) in [5.74, 6) is 4.04. The monoisotopic (exact) mass is 419 g/mol. The number of hydrogen-bond donors (Lipinski definition) is 1. The summed E-state index contributed by atoms with van der Waals surface area (Å²) in [5, 5.41) is 3.05. The van der Waals surface area contributed by atoms with Gasteiger partial charge in [0.15, 0.2) is 6.10 Å². The minimum absolute atomic E-state index is 0.118. The molecule has 4 aliphatic rings. The normalized spacial score (nSPS) is 29.4. The van der Waals surface area contributed by atoms with Crippen molar-refractivity contribution in [3.63, 3.8) is 0 Å². The first kappa shape index (κ1) is 20.4. The second-order valence-electron chi connectivity index (χ2n) is 9.96. The molecule has 2 aromatic rings. The number of ether oxygens (including phenoxy) is 2. The van der Waals surface area contributed by atoms with E-state index >= 15 is 0 Å². The summed E-state index contributed by atoms with van der Waals surface area (Å²) in [5.41, 5.74) is 2.70. The number of amides is 1. The molecule has 0 aromatic heterocycles. The Bertz CT molecular complexity index is 900. The number of carbonyl (C=O) groups excluding carboxylic acids is 1. The summed E-state index contributed by atoms with van der Waals surface area (Å²) >= 11 is 0. The third-order valence-corrected chi connectivity index (χ3v) is 7.79. The lowest BCUT2D eigenvalue weighted by molar-refractivity contribution is -0.122. The van der Waals surface area contributed by atoms with Crippen LogP contribution in [0, 0.1) is 17.8 Å². The predicted octanol–water partition coefficient (Wildman–Crippen LogP) is 5.96. The molecular weight excluding hydrogens is 386 g/mol. The third-order valence-electron chi connectivity index (χ3n) is 7.79. The molecule has 4 bridgehead atoms. The van der Waals surface area contributed by atoms with E-state index in [2.05, 4.69) is 29.6 Å². The molecule has 4 nitrogen and oxygen atoms in total. The molecule has 1 N–H and O–H groups in total. The average molecular weight is 420 g/mol. The highest BCUT2D eigenvalue weighted by atomic mass is 16.5. The summed E-state index contributed by atoms with van der Waals surface area (Å²) in [7, 11) is 1.62. The van der Waals surface area contributed by atoms with Crippen LogP contribution in [0.2, 0.25) is 0 Å². The number of rotatable bonds is 7. The standard InChI is InChI=1S/C27H33NO3/c1-3-25(31-24-6-4-5-23(14-24)30-2)26(29)28-22-9-7-21(8-10-22)27-15-18-11-19(16-27)13-20(12-18)17-27/h4-10,14,18-20,25H,3,11-13,15-17H2,1-2H3,(H,28,29)/t18?,19?,20?,25-,27?/m0/s1. The van der Waals surface area contributed by atoms with Gasteiger partial charge in [-0.25, -0.2) is 0 Å². The van der Waals surface area contributed by atoms with Crippen LogP contribution in [0.25, 0.3) is 0 Å². The van der Waals surface area contributed by atoms with E-state index in [9.17, 15) is 4.79 Å². The molecule has 0 saturated heterocycles. The van der Waals surface area contributed by atoms with E-state index in [1.54, 1.807) is 13.2 Å². The molecule has 0 aliphatic heterocycles. The van der Waals surface area contributed by atoms with Gasteiger partial charge in [0.05, 0.1) is 7.11 Å². The van der Waals surface area contributed by atoms with Crippen molar-refractivity contribution in [2.45, 2.75) is 63.4 Å². The van der Waals surface area contributed by atoms with Gasteiger partial charge in [0, 0.05) is 11.8 Å². The second kappa shape index (κ2) is 8.22. The van der Waals surface area contributed by atoms with Crippen LogP contribution in [0.1, 0.15) is 57.4 Å². The maximum absolute atomic E-state index is 12.8. The molecule has 4 heteroatoms. The average Bonchev–Trinajstić information content (AvgIpc) is 2.77. The minimum Gasteiger partial charge on any atom is -0.497 e. The van der Waals surface area contributed by atoms with Gasteiger partial charge in [-0.2, -0.15) is 0 Å². The third kappa shape index (κ3) is 4.05. The lowest BCUT2D eigenvalue weighted by Crippen LogP contribution is -2.48. The maximum Gasteiger partial charge on any atom is 0.265 e. The lowest BCUT2D eigenvalue weighted by atomic mass is 9.48. The van der Waals surface area contributed by atoms with E-state index in [1.807, 2.05) is 25.1 Å². The first-order valence-electron chi connectivity index (χ1n) is 11.8. The highest BCUT2D eigenvalue weighted by Crippen LogP contribution is 2.60. The molecular formula is C27H33NO3. The quantitative estimate of drug-likeness (QED) is 0.602. The van der Waals surface area contributed by atoms with Crippen LogP contribution in [-0.4, -0.2) is 19.1 Å². The molecule has 0 radical (unpaired) electrons. The summed E-state index contributed by atoms with van der Waals surface area (Å²) in [6, 6.07) is 16.0. The molecule has 0 heterocycles. The van der Waals surface area contributed by atoms with E-state index < -0.39 is 6.10 Å². The fourth-order valence-electron chi connectivity index (χ4n) is 6.76. The van der Waals surface area contributed by atoms with E-state index in [-0.39, 0.29) is 5.91 Å². The minimum atomic E-state index is -0.546. The SMILES string of the molecule is CC[C@H](Oc1cccc(OC)c1)C(=O)Nc1ccc(C23CC4CC(CC(C4)C2)C3)cc1. The van der Waals surface area contributed by atoms with Gasteiger partial charge in [0.1, 0.15) is 11.5 Å². The fraction of sp³-hybridized carbons (Fsp3) is 0.519. The number of hydrogen-bond acceptors (Lipinski definition) is 3. The number of nitrogens with one attached hydrogen (secondary N) is 1. The first-order valence-corrected chi connectivity index (χ1v) is 11.8. The molecule has 164 valence electrons. The Hall–Kier alpha value is -2.49. The summed E-state index contributed by atoms with van der Waals surface area (Å²) < 4.78 is 11.2. The second-order valence-corrected chi connectivity index (χ2v) is 9.96. The van der Waals surface area contributed by atoms with Crippen molar-refractivity contribution in [2.24, 2.45) is 17.8 Å². The first-order chi connectivity index (χ1) is 15.1. The van der Waals surface area contributed by atoms with E-state index in [4.69, 9.17) is 9.47 Å². The number of carbonyl (C=O) groups is 1. The van der Waals surface area contributed by atoms with E-state index in [1.165, 1.54) is 44.1 Å². The Labute approximate surface area is 185 Å². The van der Waals surface area contributed by atoms with Crippen molar-refractivity contribution in [3.8, 4) is 11.5 Å². The highest BCUT2D eigenvalue weighted by Gasteiger charge is 2.51. The van der Waals surface area contributed by atoms with Crippen molar-refractivity contribution in [3.05, 3.63) is 54.1 Å². The zero-order valence-corrected chi connectivity index (χ0v) is 18.6. The van der Waals surface area contributed by atoms with Crippen LogP contribution in [0.15, 0.2) is 48.5 Å². The van der Waals surface area contributed by atoms with Gasteiger partial charge in [-0.1, -0.05) is 25.1 Å². The maximum atomic E-state index is 12.8. The van der Waals surface area contributed by atoms with Gasteiger partial charge in [-0.3, -0.25) is 4.79 Å². The molecule has 2 aromatic carbocycles. The van der Waals surface area contributed by atoms with Crippen molar-refractivity contribution in [2.75, 3.05) is 12.4 Å². The Morgan fingerprint density at radius 3 is 2.19 bits per heavy atom. The molecule has 0 unspecified atom stereocenters. The van der Waals surface area contributed by atoms with Crippen LogP contribution < -0.4 is 14.8 Å². The molecule has 1 amide bonds.